The molecule has 3 aliphatic rings. The van der Waals surface area contributed by atoms with E-state index < -0.39 is 47.3 Å². The first-order valence-corrected chi connectivity index (χ1v) is 34.5. The molecule has 0 saturated carbocycles. The summed E-state index contributed by atoms with van der Waals surface area (Å²) >= 11 is 0. The van der Waals surface area contributed by atoms with Gasteiger partial charge >= 0.3 is 24.3 Å². The summed E-state index contributed by atoms with van der Waals surface area (Å²) in [5.41, 5.74) is 5.60. The third-order valence-electron chi connectivity index (χ3n) is 17.2. The molecular weight excluding hydrogens is 1430 g/mol. The average Bonchev–Trinajstić information content (AvgIpc) is 0.817. The van der Waals surface area contributed by atoms with Gasteiger partial charge < -0.3 is 81.5 Å². The lowest BCUT2D eigenvalue weighted by Gasteiger charge is -2.28. The second kappa shape index (κ2) is 34.7. The van der Waals surface area contributed by atoms with Gasteiger partial charge in [0.15, 0.2) is 34.7 Å². The van der Waals surface area contributed by atoms with Crippen LogP contribution >= 0.6 is 0 Å². The molecule has 0 spiro atoms. The number of ether oxygens (including phenoxy) is 4. The molecule has 0 aliphatic carbocycles. The van der Waals surface area contributed by atoms with Gasteiger partial charge in [-0.15, -0.1) is 0 Å². The van der Waals surface area contributed by atoms with Crippen LogP contribution in [0.4, 0.5) is 92.3 Å². The topological polar surface area (TPSA) is 307 Å². The number of nitrogens with zero attached hydrogens (tertiary/aromatic N) is 10. The molecule has 3 fully saturated rings. The van der Waals surface area contributed by atoms with E-state index in [-0.39, 0.29) is 40.0 Å². The quantitative estimate of drug-likeness (QED) is 0.0406. The zero-order chi connectivity index (χ0) is 76.5. The number of amides is 6. The highest BCUT2D eigenvalue weighted by Crippen LogP contribution is 2.35. The van der Waals surface area contributed by atoms with Gasteiger partial charge in [-0.05, 0) is 146 Å². The maximum Gasteiger partial charge on any atom is 0.416 e. The fourth-order valence-electron chi connectivity index (χ4n) is 11.6. The first-order chi connectivity index (χ1) is 53.4. The molecule has 3 saturated heterocycles. The van der Waals surface area contributed by atoms with Crippen molar-refractivity contribution in [1.82, 2.24) is 45.9 Å². The number of aromatic nitrogens is 6. The molecule has 0 atom stereocenters. The van der Waals surface area contributed by atoms with Crippen LogP contribution in [0.15, 0.2) is 201 Å². The van der Waals surface area contributed by atoms with E-state index in [1.807, 2.05) is 6.07 Å². The van der Waals surface area contributed by atoms with E-state index in [1.54, 1.807) is 141 Å². The molecule has 110 heavy (non-hydrogen) atoms. The largest absolute Gasteiger partial charge is 0.497 e. The molecule has 9 N–H and O–H groups in total. The van der Waals surface area contributed by atoms with E-state index in [9.17, 15) is 40.7 Å². The number of carbonyl (C=O) groups excluding carboxylic acids is 3. The molecule has 0 unspecified atom stereocenters. The molecule has 3 aliphatic heterocycles. The van der Waals surface area contributed by atoms with Gasteiger partial charge in [-0.25, -0.2) is 42.5 Å². The Morgan fingerprint density at radius 3 is 0.982 bits per heavy atom. The van der Waals surface area contributed by atoms with E-state index in [2.05, 4.69) is 82.5 Å². The van der Waals surface area contributed by atoms with Crippen molar-refractivity contribution in [2.24, 2.45) is 0 Å². The lowest BCUT2D eigenvalue weighted by Crippen LogP contribution is -2.43. The lowest BCUT2D eigenvalue weighted by molar-refractivity contribution is -0.137. The SMILES string of the molecule is COc1ccc(NC(=O)Nc2ccc(Oc3ccc4ncc(N5CCNCC5)nc4c3)c(F)c2)cc1.N#Cc1ccc(NC(=O)Nc2ccc(Oc3ccc4ncc(N5CCNCC5)nc4c3)c(F)c2)cc1.O=C(Nc1ccc(C(F)(F)F)cc1)Nc1ccc(Oc2ccc3ncc(N4CCNCC4)nc3c2)c(F)c1. The smallest absolute Gasteiger partial charge is 0.416 e. The number of nitrogens with one attached hydrogen (secondary N) is 9. The van der Waals surface area contributed by atoms with Crippen LogP contribution in [-0.4, -0.2) is 134 Å². The molecular formula is C78H69F6N19O7. The Kier molecular flexibility index (Phi) is 23.6. The average molecular weight is 1500 g/mol. The summed E-state index contributed by atoms with van der Waals surface area (Å²) in [6, 6.07) is 45.2. The van der Waals surface area contributed by atoms with E-state index >= 15 is 0 Å². The first kappa shape index (κ1) is 74.6. The highest BCUT2D eigenvalue weighted by molar-refractivity contribution is 6.01. The minimum absolute atomic E-state index is 0.0126. The molecule has 32 heteroatoms. The van der Waals surface area contributed by atoms with E-state index in [4.69, 9.17) is 34.2 Å². The third-order valence-corrected chi connectivity index (χ3v) is 17.2. The second-order valence-corrected chi connectivity index (χ2v) is 24.8. The Hall–Kier alpha value is -13.6. The zero-order valence-corrected chi connectivity index (χ0v) is 58.6. The number of halogens is 6. The van der Waals surface area contributed by atoms with Crippen molar-refractivity contribution in [2.45, 2.75) is 6.18 Å². The number of carbonyl (C=O) groups is 3. The van der Waals surface area contributed by atoms with Crippen molar-refractivity contribution in [3.8, 4) is 46.3 Å². The molecule has 0 bridgehead atoms. The summed E-state index contributed by atoms with van der Waals surface area (Å²) in [4.78, 5) is 70.7. The summed E-state index contributed by atoms with van der Waals surface area (Å²) < 4.78 is 105. The van der Waals surface area contributed by atoms with E-state index in [0.29, 0.717) is 62.0 Å². The highest BCUT2D eigenvalue weighted by Gasteiger charge is 2.30. The summed E-state index contributed by atoms with van der Waals surface area (Å²) in [7, 11) is 1.56. The maximum absolute atomic E-state index is 14.8. The van der Waals surface area contributed by atoms with Crippen molar-refractivity contribution < 1.29 is 59.7 Å². The number of alkyl halides is 3. The van der Waals surface area contributed by atoms with Gasteiger partial charge in [-0.2, -0.15) is 18.4 Å². The number of piperazine rings is 3. The Labute approximate surface area is 624 Å². The predicted octanol–water partition coefficient (Wildman–Crippen LogP) is 14.7. The normalized spacial score (nSPS) is 13.5. The van der Waals surface area contributed by atoms with Gasteiger partial charge in [0.25, 0.3) is 0 Å². The summed E-state index contributed by atoms with van der Waals surface area (Å²) in [6.45, 7) is 10.4. The predicted molar refractivity (Wildman–Crippen MR) is 407 cm³/mol. The molecule has 15 rings (SSSR count). The van der Waals surface area contributed by atoms with Crippen molar-refractivity contribution >= 4 is 103 Å². The summed E-state index contributed by atoms with van der Waals surface area (Å²) in [6.07, 6.45) is 0.783. The van der Waals surface area contributed by atoms with Crippen LogP contribution < -0.4 is 81.5 Å². The van der Waals surface area contributed by atoms with Crippen molar-refractivity contribution in [3.05, 3.63) is 229 Å². The molecule has 560 valence electrons. The van der Waals surface area contributed by atoms with Crippen LogP contribution in [-0.2, 0) is 6.18 Å². The molecule has 3 aromatic heterocycles. The number of methoxy groups -OCH3 is 1. The number of hydrogen-bond acceptors (Lipinski definition) is 20. The molecule has 0 radical (unpaired) electrons. The number of benzene rings is 9. The number of nitriles is 1. The van der Waals surface area contributed by atoms with Crippen molar-refractivity contribution in [3.63, 3.8) is 0 Å². The van der Waals surface area contributed by atoms with E-state index in [0.717, 1.165) is 137 Å². The fourth-order valence-corrected chi connectivity index (χ4v) is 11.6. The Balaban J connectivity index is 0.000000145. The minimum atomic E-state index is -4.48. The Morgan fingerprint density at radius 2 is 0.682 bits per heavy atom. The van der Waals surface area contributed by atoms with Crippen molar-refractivity contribution in [2.75, 3.05) is 132 Å². The number of hydrogen-bond donors (Lipinski definition) is 9. The summed E-state index contributed by atoms with van der Waals surface area (Å²) in [5, 5.41) is 34.1. The number of urea groups is 3. The van der Waals surface area contributed by atoms with Crippen LogP contribution in [0.25, 0.3) is 33.1 Å². The van der Waals surface area contributed by atoms with Crippen LogP contribution in [0, 0.1) is 28.8 Å². The summed E-state index contributed by atoms with van der Waals surface area (Å²) in [5.74, 6) is 2.26. The van der Waals surface area contributed by atoms with Crippen LogP contribution in [0.2, 0.25) is 0 Å². The first-order valence-electron chi connectivity index (χ1n) is 34.5. The highest BCUT2D eigenvalue weighted by atomic mass is 19.4. The van der Waals surface area contributed by atoms with Gasteiger partial charge in [0.05, 0.1) is 76.0 Å². The minimum Gasteiger partial charge on any atom is -0.497 e. The number of fused-ring (bicyclic) bond motifs is 3. The van der Waals surface area contributed by atoms with Gasteiger partial charge in [-0.1, -0.05) is 0 Å². The molecule has 9 aromatic carbocycles. The number of rotatable bonds is 16. The number of anilines is 9. The van der Waals surface area contributed by atoms with Crippen LogP contribution in [0.5, 0.6) is 40.2 Å². The third kappa shape index (κ3) is 19.9. The standard InChI is InChI=1S/C26H22F4N6O2.C26H22FN7O2.C26H25FN6O3/c27-20-13-18(34-25(37)33-17-3-1-16(2-4-17)26(28,29)30)5-8-23(20)38-19-6-7-21-22(14-19)35-24(15-32-21)36-11-9-31-10-12-36;27-21-13-19(32-26(35)31-18-3-1-17(15-28)2-4-18)5-8-24(21)36-20-6-7-22-23(14-20)33-25(16-30-22)34-11-9-29-10-12-34;1-35-19-5-2-17(3-6-19)30-26(34)31-18-4-9-24(21(27)14-18)36-20-7-8-22-23(15-20)32-25(16-29-22)33-12-10-28-11-13-33/h1-8,13-15,31H,9-12H2,(H2,33,34,37);1-8,13-14,16,29H,9-12H2,(H2,31,32,35);2-9,14-16,28H,10-13H2,1H3,(H2,30,31,34). The van der Waals surface area contributed by atoms with E-state index in [1.165, 1.54) is 36.4 Å². The monoisotopic (exact) mass is 1500 g/mol. The molecule has 26 nitrogen and oxygen atoms in total. The van der Waals surface area contributed by atoms with Crippen LogP contribution in [0.1, 0.15) is 11.1 Å². The van der Waals surface area contributed by atoms with Gasteiger partial charge in [0.1, 0.15) is 40.5 Å². The maximum atomic E-state index is 14.8. The Bertz CT molecular complexity index is 5320. The molecule has 6 amide bonds. The van der Waals surface area contributed by atoms with Crippen LogP contribution in [0.3, 0.4) is 0 Å². The van der Waals surface area contributed by atoms with Crippen molar-refractivity contribution in [1.29, 1.82) is 5.26 Å². The molecule has 12 aromatic rings. The Morgan fingerprint density at radius 1 is 0.391 bits per heavy atom. The van der Waals surface area contributed by atoms with Gasteiger partial charge in [-0.3, -0.25) is 15.0 Å². The van der Waals surface area contributed by atoms with Gasteiger partial charge in [0.2, 0.25) is 0 Å². The molecule has 6 heterocycles. The fraction of sp³-hybridized carbons (Fsp3) is 0.179. The zero-order valence-electron chi connectivity index (χ0n) is 58.6. The second-order valence-electron chi connectivity index (χ2n) is 24.8. The van der Waals surface area contributed by atoms with Gasteiger partial charge in [0, 0.05) is 149 Å². The lowest BCUT2D eigenvalue weighted by atomic mass is 10.2.